The molecule has 0 spiro atoms. The van der Waals surface area contributed by atoms with E-state index in [0.29, 0.717) is 29.5 Å². The molecule has 0 amide bonds. The quantitative estimate of drug-likeness (QED) is 0.365. The van der Waals surface area contributed by atoms with Crippen LogP contribution in [0.1, 0.15) is 32.9 Å². The van der Waals surface area contributed by atoms with E-state index in [-0.39, 0.29) is 5.84 Å². The smallest absolute Gasteiger partial charge is 0.226 e. The van der Waals surface area contributed by atoms with Gasteiger partial charge in [0.1, 0.15) is 5.69 Å². The number of nitrogens with two attached hydrogens (primary N) is 1. The summed E-state index contributed by atoms with van der Waals surface area (Å²) in [5.41, 5.74) is 6.02. The number of rotatable bonds is 2. The second-order valence-corrected chi connectivity index (χ2v) is 5.44. The topological polar surface area (TPSA) is 87.6 Å². The third-order valence-corrected chi connectivity index (χ3v) is 3.87. The Balaban J connectivity index is 2.30. The van der Waals surface area contributed by atoms with E-state index < -0.39 is 0 Å². The summed E-state index contributed by atoms with van der Waals surface area (Å²) in [6, 6.07) is 2.03. The Morgan fingerprint density at radius 1 is 1.47 bits per heavy atom. The summed E-state index contributed by atoms with van der Waals surface area (Å²) in [4.78, 5) is 10.9. The Morgan fingerprint density at radius 2 is 2.21 bits per heavy atom. The van der Waals surface area contributed by atoms with Gasteiger partial charge in [0.2, 0.25) is 5.95 Å². The fourth-order valence-corrected chi connectivity index (χ4v) is 2.66. The first-order valence-electron chi connectivity index (χ1n) is 6.60. The standard InChI is InChI=1S/C13H21N5O/c1-8-6-9(2)10(3)18(7-8)13-15-5-4-11(16-13)12(14)17-19/h4-5,8-10,19H,6-7H2,1-3H3,(H2,14,17). The highest BCUT2D eigenvalue weighted by Gasteiger charge is 2.30. The molecule has 6 nitrogen and oxygen atoms in total. The number of piperidine rings is 1. The van der Waals surface area contributed by atoms with Crippen molar-refractivity contribution in [2.24, 2.45) is 22.7 Å². The van der Waals surface area contributed by atoms with Crippen LogP contribution in [0.2, 0.25) is 0 Å². The predicted octanol–water partition coefficient (Wildman–Crippen LogP) is 1.44. The molecule has 3 atom stereocenters. The first kappa shape index (κ1) is 13.6. The maximum atomic E-state index is 8.71. The van der Waals surface area contributed by atoms with E-state index in [2.05, 4.69) is 40.8 Å². The van der Waals surface area contributed by atoms with Crippen LogP contribution in [-0.2, 0) is 0 Å². The minimum Gasteiger partial charge on any atom is -0.409 e. The van der Waals surface area contributed by atoms with Crippen LogP contribution in [0.4, 0.5) is 5.95 Å². The Morgan fingerprint density at radius 3 is 2.89 bits per heavy atom. The van der Waals surface area contributed by atoms with E-state index in [9.17, 15) is 0 Å². The van der Waals surface area contributed by atoms with Crippen LogP contribution >= 0.6 is 0 Å². The van der Waals surface area contributed by atoms with E-state index in [1.54, 1.807) is 12.3 Å². The molecule has 104 valence electrons. The van der Waals surface area contributed by atoms with Crippen molar-refractivity contribution in [3.63, 3.8) is 0 Å². The van der Waals surface area contributed by atoms with Crippen molar-refractivity contribution < 1.29 is 5.21 Å². The van der Waals surface area contributed by atoms with Gasteiger partial charge in [0.25, 0.3) is 0 Å². The van der Waals surface area contributed by atoms with Crippen LogP contribution in [0.3, 0.4) is 0 Å². The van der Waals surface area contributed by atoms with Gasteiger partial charge in [0.15, 0.2) is 5.84 Å². The molecule has 1 aromatic rings. The molecule has 19 heavy (non-hydrogen) atoms. The number of oxime groups is 1. The molecule has 6 heteroatoms. The van der Waals surface area contributed by atoms with Crippen molar-refractivity contribution in [1.29, 1.82) is 0 Å². The van der Waals surface area contributed by atoms with Crippen LogP contribution in [0.15, 0.2) is 17.4 Å². The summed E-state index contributed by atoms with van der Waals surface area (Å²) in [7, 11) is 0. The molecule has 0 saturated carbocycles. The molecule has 1 saturated heterocycles. The lowest BCUT2D eigenvalue weighted by atomic mass is 9.86. The molecule has 2 rings (SSSR count). The molecule has 2 heterocycles. The fourth-order valence-electron chi connectivity index (χ4n) is 2.66. The molecule has 0 radical (unpaired) electrons. The number of anilines is 1. The normalized spacial score (nSPS) is 28.5. The van der Waals surface area contributed by atoms with Crippen LogP contribution in [0.25, 0.3) is 0 Å². The van der Waals surface area contributed by atoms with Crippen molar-refractivity contribution in [3.8, 4) is 0 Å². The first-order valence-corrected chi connectivity index (χ1v) is 6.60. The zero-order valence-corrected chi connectivity index (χ0v) is 11.6. The first-order chi connectivity index (χ1) is 9.02. The Bertz CT molecular complexity index is 476. The van der Waals surface area contributed by atoms with Crippen molar-refractivity contribution in [2.45, 2.75) is 33.2 Å². The van der Waals surface area contributed by atoms with E-state index in [0.717, 1.165) is 6.54 Å². The number of hydrogen-bond acceptors (Lipinski definition) is 5. The molecule has 0 aliphatic carbocycles. The third-order valence-electron chi connectivity index (χ3n) is 3.87. The highest BCUT2D eigenvalue weighted by molar-refractivity contribution is 5.95. The maximum Gasteiger partial charge on any atom is 0.226 e. The molecule has 1 aliphatic heterocycles. The summed E-state index contributed by atoms with van der Waals surface area (Å²) in [6.45, 7) is 7.62. The number of nitrogens with zero attached hydrogens (tertiary/aromatic N) is 4. The molecule has 1 aromatic heterocycles. The van der Waals surface area contributed by atoms with E-state index in [1.807, 2.05) is 0 Å². The van der Waals surface area contributed by atoms with Gasteiger partial charge in [-0.3, -0.25) is 0 Å². The number of amidine groups is 1. The highest BCUT2D eigenvalue weighted by atomic mass is 16.4. The molecular formula is C13H21N5O. The average molecular weight is 263 g/mol. The van der Waals surface area contributed by atoms with E-state index in [4.69, 9.17) is 10.9 Å². The molecular weight excluding hydrogens is 242 g/mol. The van der Waals surface area contributed by atoms with E-state index in [1.165, 1.54) is 6.42 Å². The van der Waals surface area contributed by atoms with Gasteiger partial charge < -0.3 is 15.8 Å². The molecule has 3 N–H and O–H groups in total. The van der Waals surface area contributed by atoms with Gasteiger partial charge in [0.05, 0.1) is 0 Å². The number of aromatic nitrogens is 2. The summed E-state index contributed by atoms with van der Waals surface area (Å²) in [6.07, 6.45) is 2.87. The summed E-state index contributed by atoms with van der Waals surface area (Å²) in [5.74, 6) is 1.87. The monoisotopic (exact) mass is 263 g/mol. The largest absolute Gasteiger partial charge is 0.409 e. The van der Waals surface area contributed by atoms with Gasteiger partial charge in [-0.05, 0) is 31.2 Å². The van der Waals surface area contributed by atoms with Gasteiger partial charge >= 0.3 is 0 Å². The lowest BCUT2D eigenvalue weighted by Crippen LogP contribution is -2.46. The minimum atomic E-state index is 0.00871. The second kappa shape index (κ2) is 5.42. The second-order valence-electron chi connectivity index (χ2n) is 5.44. The maximum absolute atomic E-state index is 8.71. The molecule has 0 aromatic carbocycles. The Kier molecular flexibility index (Phi) is 3.87. The fraction of sp³-hybridized carbons (Fsp3) is 0.615. The van der Waals surface area contributed by atoms with Crippen LogP contribution in [-0.4, -0.2) is 33.6 Å². The van der Waals surface area contributed by atoms with Crippen molar-refractivity contribution >= 4 is 11.8 Å². The SMILES string of the molecule is CC1CC(C)C(C)N(c2nccc(/C(N)=N/O)n2)C1. The lowest BCUT2D eigenvalue weighted by molar-refractivity contribution is 0.293. The Labute approximate surface area is 113 Å². The van der Waals surface area contributed by atoms with Crippen molar-refractivity contribution in [3.05, 3.63) is 18.0 Å². The lowest BCUT2D eigenvalue weighted by Gasteiger charge is -2.41. The zero-order chi connectivity index (χ0) is 14.0. The van der Waals surface area contributed by atoms with Gasteiger partial charge in [-0.25, -0.2) is 9.97 Å². The minimum absolute atomic E-state index is 0.00871. The zero-order valence-electron chi connectivity index (χ0n) is 11.6. The average Bonchev–Trinajstić information content (AvgIpc) is 2.42. The number of hydrogen-bond donors (Lipinski definition) is 2. The van der Waals surface area contributed by atoms with Crippen LogP contribution in [0, 0.1) is 11.8 Å². The predicted molar refractivity (Wildman–Crippen MR) is 74.3 cm³/mol. The van der Waals surface area contributed by atoms with Gasteiger partial charge in [-0.1, -0.05) is 19.0 Å². The molecule has 3 unspecified atom stereocenters. The summed E-state index contributed by atoms with van der Waals surface area (Å²) in [5, 5.41) is 11.7. The van der Waals surface area contributed by atoms with Gasteiger partial charge in [-0.15, -0.1) is 0 Å². The van der Waals surface area contributed by atoms with Crippen LogP contribution < -0.4 is 10.6 Å². The molecule has 1 fully saturated rings. The van der Waals surface area contributed by atoms with E-state index >= 15 is 0 Å². The van der Waals surface area contributed by atoms with Gasteiger partial charge in [-0.2, -0.15) is 0 Å². The molecule has 0 bridgehead atoms. The highest BCUT2D eigenvalue weighted by Crippen LogP contribution is 2.29. The van der Waals surface area contributed by atoms with Crippen molar-refractivity contribution in [2.75, 3.05) is 11.4 Å². The van der Waals surface area contributed by atoms with Crippen LogP contribution in [0.5, 0.6) is 0 Å². The molecule has 1 aliphatic rings. The van der Waals surface area contributed by atoms with Crippen molar-refractivity contribution in [1.82, 2.24) is 9.97 Å². The summed E-state index contributed by atoms with van der Waals surface area (Å²) >= 11 is 0. The summed E-state index contributed by atoms with van der Waals surface area (Å²) < 4.78 is 0. The Hall–Kier alpha value is -1.85. The van der Waals surface area contributed by atoms with Gasteiger partial charge in [0, 0.05) is 18.8 Å². The third kappa shape index (κ3) is 2.77.